The van der Waals surface area contributed by atoms with Crippen molar-refractivity contribution in [3.05, 3.63) is 30.0 Å². The molecular weight excluding hydrogens is 150 g/mol. The first kappa shape index (κ1) is 7.22. The fraction of sp³-hybridized carbons (Fsp3) is 0.200. The Morgan fingerprint density at radius 2 is 2.00 bits per heavy atom. The Morgan fingerprint density at radius 1 is 1.25 bits per heavy atom. The van der Waals surface area contributed by atoms with E-state index in [9.17, 15) is 5.11 Å². The number of rotatable bonds is 0. The summed E-state index contributed by atoms with van der Waals surface area (Å²) in [7, 11) is 1.98. The molecule has 2 heteroatoms. The lowest BCUT2D eigenvalue weighted by Gasteiger charge is -2.01. The molecule has 1 aromatic carbocycles. The fourth-order valence-corrected chi connectivity index (χ4v) is 1.60. The van der Waals surface area contributed by atoms with Gasteiger partial charge in [0, 0.05) is 18.6 Å². The molecule has 62 valence electrons. The zero-order valence-electron chi connectivity index (χ0n) is 7.20. The maximum atomic E-state index is 9.50. The van der Waals surface area contributed by atoms with E-state index in [1.807, 2.05) is 36.9 Å². The van der Waals surface area contributed by atoms with E-state index in [0.29, 0.717) is 5.75 Å². The second-order valence-electron chi connectivity index (χ2n) is 3.09. The molecule has 1 N–H and O–H groups in total. The number of fused-ring (bicyclic) bond motifs is 1. The van der Waals surface area contributed by atoms with Crippen LogP contribution >= 0.6 is 0 Å². The quantitative estimate of drug-likeness (QED) is 0.629. The molecule has 0 saturated heterocycles. The first-order chi connectivity index (χ1) is 5.70. The van der Waals surface area contributed by atoms with Crippen molar-refractivity contribution in [3.8, 4) is 5.75 Å². The smallest absolute Gasteiger partial charge is 0.124 e. The molecule has 0 aliphatic heterocycles. The van der Waals surface area contributed by atoms with Crippen molar-refractivity contribution in [2.75, 3.05) is 0 Å². The number of aryl methyl sites for hydroxylation is 2. The average Bonchev–Trinajstić information content (AvgIpc) is 2.42. The first-order valence-electron chi connectivity index (χ1n) is 3.94. The summed E-state index contributed by atoms with van der Waals surface area (Å²) in [5.74, 6) is 0.358. The monoisotopic (exact) mass is 161 g/mol. The molecule has 0 spiro atoms. The lowest BCUT2D eigenvalue weighted by molar-refractivity contribution is 0.481. The minimum Gasteiger partial charge on any atom is -0.507 e. The molecule has 0 bridgehead atoms. The molecule has 12 heavy (non-hydrogen) atoms. The molecule has 0 fully saturated rings. The minimum atomic E-state index is 0.358. The van der Waals surface area contributed by atoms with E-state index in [1.165, 1.54) is 5.56 Å². The molecule has 0 radical (unpaired) electrons. The lowest BCUT2D eigenvalue weighted by atomic mass is 10.1. The predicted molar refractivity (Wildman–Crippen MR) is 49.3 cm³/mol. The third-order valence-corrected chi connectivity index (χ3v) is 2.21. The van der Waals surface area contributed by atoms with Gasteiger partial charge in [-0.15, -0.1) is 0 Å². The van der Waals surface area contributed by atoms with E-state index >= 15 is 0 Å². The molecule has 0 saturated carbocycles. The van der Waals surface area contributed by atoms with Gasteiger partial charge in [-0.05, 0) is 24.6 Å². The van der Waals surface area contributed by atoms with Gasteiger partial charge >= 0.3 is 0 Å². The van der Waals surface area contributed by atoms with Crippen LogP contribution in [-0.4, -0.2) is 9.67 Å². The molecule has 0 amide bonds. The summed E-state index contributed by atoms with van der Waals surface area (Å²) in [6.07, 6.45) is 1.96. The summed E-state index contributed by atoms with van der Waals surface area (Å²) in [6.45, 7) is 2.04. The molecule has 0 aliphatic carbocycles. The van der Waals surface area contributed by atoms with Gasteiger partial charge in [0.05, 0.1) is 5.52 Å². The van der Waals surface area contributed by atoms with Gasteiger partial charge in [-0.1, -0.05) is 6.07 Å². The molecular formula is C10H11NO. The van der Waals surface area contributed by atoms with Crippen LogP contribution in [-0.2, 0) is 7.05 Å². The van der Waals surface area contributed by atoms with Crippen molar-refractivity contribution in [2.45, 2.75) is 6.92 Å². The normalized spacial score (nSPS) is 10.8. The third kappa shape index (κ3) is 0.811. The molecule has 0 aliphatic rings. The Hall–Kier alpha value is -1.44. The van der Waals surface area contributed by atoms with Gasteiger partial charge in [0.25, 0.3) is 0 Å². The Kier molecular flexibility index (Phi) is 1.37. The van der Waals surface area contributed by atoms with Crippen LogP contribution in [0, 0.1) is 6.92 Å². The van der Waals surface area contributed by atoms with Gasteiger partial charge < -0.3 is 9.67 Å². The lowest BCUT2D eigenvalue weighted by Crippen LogP contribution is -1.86. The second-order valence-corrected chi connectivity index (χ2v) is 3.09. The van der Waals surface area contributed by atoms with Gasteiger partial charge in [0.1, 0.15) is 5.75 Å². The topological polar surface area (TPSA) is 25.2 Å². The Morgan fingerprint density at radius 3 is 2.67 bits per heavy atom. The van der Waals surface area contributed by atoms with E-state index in [0.717, 1.165) is 10.9 Å². The Labute approximate surface area is 71.1 Å². The molecule has 0 atom stereocenters. The molecule has 1 aromatic heterocycles. The van der Waals surface area contributed by atoms with Crippen molar-refractivity contribution in [2.24, 2.45) is 7.05 Å². The summed E-state index contributed by atoms with van der Waals surface area (Å²) in [5.41, 5.74) is 2.30. The highest BCUT2D eigenvalue weighted by Gasteiger charge is 2.04. The minimum absolute atomic E-state index is 0.358. The maximum absolute atomic E-state index is 9.50. The number of phenols is 1. The van der Waals surface area contributed by atoms with Crippen molar-refractivity contribution < 1.29 is 5.11 Å². The van der Waals surface area contributed by atoms with Gasteiger partial charge in [-0.3, -0.25) is 0 Å². The van der Waals surface area contributed by atoms with Crippen molar-refractivity contribution in [1.82, 2.24) is 4.57 Å². The van der Waals surface area contributed by atoms with Crippen LogP contribution in [0.1, 0.15) is 5.56 Å². The van der Waals surface area contributed by atoms with Crippen molar-refractivity contribution >= 4 is 10.9 Å². The van der Waals surface area contributed by atoms with Crippen LogP contribution in [0.2, 0.25) is 0 Å². The van der Waals surface area contributed by atoms with Crippen LogP contribution in [0.4, 0.5) is 0 Å². The highest BCUT2D eigenvalue weighted by atomic mass is 16.3. The fourth-order valence-electron chi connectivity index (χ4n) is 1.60. The maximum Gasteiger partial charge on any atom is 0.124 e. The molecule has 0 unspecified atom stereocenters. The molecule has 1 heterocycles. The SMILES string of the molecule is Cc1ccc(O)c2ccn(C)c12. The standard InChI is InChI=1S/C10H11NO/c1-7-3-4-9(12)8-5-6-11(2)10(7)8/h3-6,12H,1-2H3. The number of phenolic OH excluding ortho intramolecular Hbond substituents is 1. The Balaban J connectivity index is 2.98. The van der Waals surface area contributed by atoms with E-state index in [4.69, 9.17) is 0 Å². The van der Waals surface area contributed by atoms with Crippen LogP contribution in [0.3, 0.4) is 0 Å². The summed E-state index contributed by atoms with van der Waals surface area (Å²) in [5, 5.41) is 10.4. The number of hydrogen-bond acceptors (Lipinski definition) is 1. The number of hydrogen-bond donors (Lipinski definition) is 1. The van der Waals surface area contributed by atoms with Gasteiger partial charge in [0.15, 0.2) is 0 Å². The first-order valence-corrected chi connectivity index (χ1v) is 3.94. The predicted octanol–water partition coefficient (Wildman–Crippen LogP) is 2.19. The van der Waals surface area contributed by atoms with Gasteiger partial charge in [0.2, 0.25) is 0 Å². The zero-order valence-corrected chi connectivity index (χ0v) is 7.20. The number of aromatic nitrogens is 1. The van der Waals surface area contributed by atoms with Crippen LogP contribution in [0.25, 0.3) is 10.9 Å². The van der Waals surface area contributed by atoms with Crippen molar-refractivity contribution in [3.63, 3.8) is 0 Å². The van der Waals surface area contributed by atoms with Gasteiger partial charge in [-0.25, -0.2) is 0 Å². The number of nitrogens with zero attached hydrogens (tertiary/aromatic N) is 1. The Bertz CT molecular complexity index is 429. The van der Waals surface area contributed by atoms with Crippen LogP contribution in [0.15, 0.2) is 24.4 Å². The largest absolute Gasteiger partial charge is 0.507 e. The highest BCUT2D eigenvalue weighted by molar-refractivity contribution is 5.88. The van der Waals surface area contributed by atoms with E-state index in [-0.39, 0.29) is 0 Å². The third-order valence-electron chi connectivity index (χ3n) is 2.21. The molecule has 2 nitrogen and oxygen atoms in total. The summed E-state index contributed by atoms with van der Waals surface area (Å²) in [4.78, 5) is 0. The van der Waals surface area contributed by atoms with Crippen molar-refractivity contribution in [1.29, 1.82) is 0 Å². The van der Waals surface area contributed by atoms with Crippen LogP contribution in [0.5, 0.6) is 5.75 Å². The summed E-state index contributed by atoms with van der Waals surface area (Å²) >= 11 is 0. The average molecular weight is 161 g/mol. The number of benzene rings is 1. The highest BCUT2D eigenvalue weighted by Crippen LogP contribution is 2.27. The summed E-state index contributed by atoms with van der Waals surface area (Å²) < 4.78 is 2.02. The van der Waals surface area contributed by atoms with E-state index < -0.39 is 0 Å². The number of aromatic hydroxyl groups is 1. The van der Waals surface area contributed by atoms with E-state index in [1.54, 1.807) is 6.07 Å². The second kappa shape index (κ2) is 2.27. The zero-order chi connectivity index (χ0) is 8.72. The summed E-state index contributed by atoms with van der Waals surface area (Å²) in [6, 6.07) is 5.59. The van der Waals surface area contributed by atoms with E-state index in [2.05, 4.69) is 0 Å². The van der Waals surface area contributed by atoms with Crippen LogP contribution < -0.4 is 0 Å². The molecule has 2 rings (SSSR count). The van der Waals surface area contributed by atoms with Gasteiger partial charge in [-0.2, -0.15) is 0 Å². The molecule has 2 aromatic rings.